The standard InChI is InChI=1S/C11H15N3O5S/c1-11(17,6-20-2)5-13-10(16)8-3-7(14(18)19)4-12-9(8)15/h3-4,17H,5-6H2,1-2H3,(H,12,15)(H,13,16). The van der Waals surface area contributed by atoms with Gasteiger partial charge in [-0.05, 0) is 13.2 Å². The number of pyridine rings is 1. The Morgan fingerprint density at radius 2 is 2.30 bits per heavy atom. The van der Waals surface area contributed by atoms with Gasteiger partial charge in [-0.15, -0.1) is 0 Å². The van der Waals surface area contributed by atoms with E-state index in [9.17, 15) is 24.8 Å². The number of nitrogens with one attached hydrogen (secondary N) is 2. The summed E-state index contributed by atoms with van der Waals surface area (Å²) in [7, 11) is 0. The summed E-state index contributed by atoms with van der Waals surface area (Å²) in [5.74, 6) is -0.366. The van der Waals surface area contributed by atoms with E-state index in [1.165, 1.54) is 11.8 Å². The largest absolute Gasteiger partial charge is 0.387 e. The molecule has 1 amide bonds. The Morgan fingerprint density at radius 1 is 1.65 bits per heavy atom. The monoisotopic (exact) mass is 301 g/mol. The van der Waals surface area contributed by atoms with Crippen LogP contribution in [-0.4, -0.2) is 45.1 Å². The molecule has 0 aromatic carbocycles. The van der Waals surface area contributed by atoms with Crippen molar-refractivity contribution in [1.82, 2.24) is 10.3 Å². The molecular formula is C11H15N3O5S. The summed E-state index contributed by atoms with van der Waals surface area (Å²) < 4.78 is 0. The molecule has 8 nitrogen and oxygen atoms in total. The van der Waals surface area contributed by atoms with E-state index in [1.54, 1.807) is 6.92 Å². The van der Waals surface area contributed by atoms with Gasteiger partial charge in [-0.1, -0.05) is 0 Å². The molecule has 0 spiro atoms. The zero-order valence-electron chi connectivity index (χ0n) is 11.0. The van der Waals surface area contributed by atoms with Crippen LogP contribution in [0.3, 0.4) is 0 Å². The maximum atomic E-state index is 11.8. The Morgan fingerprint density at radius 3 is 2.85 bits per heavy atom. The van der Waals surface area contributed by atoms with E-state index in [1.807, 2.05) is 6.26 Å². The Kier molecular flexibility index (Phi) is 5.28. The lowest BCUT2D eigenvalue weighted by atomic mass is 10.1. The zero-order chi connectivity index (χ0) is 15.3. The van der Waals surface area contributed by atoms with Gasteiger partial charge in [-0.2, -0.15) is 11.8 Å². The smallest absolute Gasteiger partial charge is 0.286 e. The lowest BCUT2D eigenvalue weighted by Gasteiger charge is -2.22. The number of carbonyl (C=O) groups excluding carboxylic acids is 1. The maximum absolute atomic E-state index is 11.8. The Balaban J connectivity index is 2.85. The van der Waals surface area contributed by atoms with Crippen LogP contribution in [0.4, 0.5) is 5.69 Å². The van der Waals surface area contributed by atoms with Crippen LogP contribution in [0.15, 0.2) is 17.1 Å². The summed E-state index contributed by atoms with van der Waals surface area (Å²) in [4.78, 5) is 35.3. The highest BCUT2D eigenvalue weighted by atomic mass is 32.2. The second kappa shape index (κ2) is 6.53. The van der Waals surface area contributed by atoms with Crippen LogP contribution in [0, 0.1) is 10.1 Å². The Hall–Kier alpha value is -1.87. The normalized spacial score (nSPS) is 13.6. The van der Waals surface area contributed by atoms with E-state index in [0.29, 0.717) is 5.75 Å². The molecule has 3 N–H and O–H groups in total. The lowest BCUT2D eigenvalue weighted by molar-refractivity contribution is -0.385. The molecule has 1 rings (SSSR count). The molecule has 0 radical (unpaired) electrons. The van der Waals surface area contributed by atoms with E-state index in [-0.39, 0.29) is 17.8 Å². The summed E-state index contributed by atoms with van der Waals surface area (Å²) in [5, 5.41) is 22.9. The van der Waals surface area contributed by atoms with E-state index >= 15 is 0 Å². The molecule has 0 bridgehead atoms. The molecule has 1 heterocycles. The minimum Gasteiger partial charge on any atom is -0.387 e. The molecule has 1 unspecified atom stereocenters. The number of amides is 1. The molecule has 20 heavy (non-hydrogen) atoms. The Labute approximate surface area is 118 Å². The van der Waals surface area contributed by atoms with Gasteiger partial charge in [-0.3, -0.25) is 19.7 Å². The lowest BCUT2D eigenvalue weighted by Crippen LogP contribution is -2.43. The topological polar surface area (TPSA) is 125 Å². The van der Waals surface area contributed by atoms with Crippen molar-refractivity contribution < 1.29 is 14.8 Å². The minimum atomic E-state index is -1.12. The third-order valence-electron chi connectivity index (χ3n) is 2.43. The third-order valence-corrected chi connectivity index (χ3v) is 3.34. The molecule has 0 aliphatic carbocycles. The van der Waals surface area contributed by atoms with E-state index in [2.05, 4.69) is 10.3 Å². The number of hydrogen-bond acceptors (Lipinski definition) is 6. The number of nitro groups is 1. The van der Waals surface area contributed by atoms with Crippen LogP contribution in [0.5, 0.6) is 0 Å². The number of thioether (sulfide) groups is 1. The number of aliphatic hydroxyl groups is 1. The fraction of sp³-hybridized carbons (Fsp3) is 0.455. The summed E-state index contributed by atoms with van der Waals surface area (Å²) in [6, 6.07) is 0.900. The molecule has 1 atom stereocenters. The maximum Gasteiger partial charge on any atom is 0.286 e. The molecule has 0 aliphatic rings. The summed E-state index contributed by atoms with van der Waals surface area (Å²) in [5.41, 5.74) is -2.59. The van der Waals surface area contributed by atoms with Gasteiger partial charge in [0.05, 0.1) is 16.7 Å². The van der Waals surface area contributed by atoms with Gasteiger partial charge >= 0.3 is 0 Å². The first-order valence-electron chi connectivity index (χ1n) is 5.63. The van der Waals surface area contributed by atoms with Crippen molar-refractivity contribution >= 4 is 23.4 Å². The number of H-pyrrole nitrogens is 1. The predicted octanol–water partition coefficient (Wildman–Crippen LogP) is 0.127. The molecule has 1 aromatic rings. The van der Waals surface area contributed by atoms with E-state index in [4.69, 9.17) is 0 Å². The zero-order valence-corrected chi connectivity index (χ0v) is 11.8. The van der Waals surface area contributed by atoms with Crippen LogP contribution in [0.25, 0.3) is 0 Å². The second-order valence-electron chi connectivity index (χ2n) is 4.47. The van der Waals surface area contributed by atoms with Crippen LogP contribution >= 0.6 is 11.8 Å². The van der Waals surface area contributed by atoms with Crippen molar-refractivity contribution in [1.29, 1.82) is 0 Å². The van der Waals surface area contributed by atoms with Gasteiger partial charge in [0, 0.05) is 18.4 Å². The van der Waals surface area contributed by atoms with Crippen molar-refractivity contribution in [2.24, 2.45) is 0 Å². The predicted molar refractivity (Wildman–Crippen MR) is 75.1 cm³/mol. The number of hydrogen-bond donors (Lipinski definition) is 3. The fourth-order valence-corrected chi connectivity index (χ4v) is 2.20. The highest BCUT2D eigenvalue weighted by molar-refractivity contribution is 7.98. The van der Waals surface area contributed by atoms with Gasteiger partial charge in [0.1, 0.15) is 5.56 Å². The van der Waals surface area contributed by atoms with Gasteiger partial charge in [0.2, 0.25) is 0 Å². The molecule has 0 aliphatic heterocycles. The fourth-order valence-electron chi connectivity index (χ4n) is 1.47. The van der Waals surface area contributed by atoms with Crippen molar-refractivity contribution in [2.75, 3.05) is 18.6 Å². The summed E-state index contributed by atoms with van der Waals surface area (Å²) in [6.45, 7) is 1.48. The number of aromatic nitrogens is 1. The van der Waals surface area contributed by atoms with Crippen LogP contribution in [0.2, 0.25) is 0 Å². The highest BCUT2D eigenvalue weighted by Crippen LogP contribution is 2.10. The van der Waals surface area contributed by atoms with Gasteiger partial charge in [0.25, 0.3) is 17.2 Å². The van der Waals surface area contributed by atoms with Crippen molar-refractivity contribution in [3.05, 3.63) is 38.3 Å². The average molecular weight is 301 g/mol. The molecule has 0 saturated carbocycles. The van der Waals surface area contributed by atoms with Crippen LogP contribution in [0.1, 0.15) is 17.3 Å². The number of rotatable bonds is 6. The van der Waals surface area contributed by atoms with Crippen molar-refractivity contribution in [3.63, 3.8) is 0 Å². The summed E-state index contributed by atoms with van der Waals surface area (Å²) in [6.07, 6.45) is 2.73. The quantitative estimate of drug-likeness (QED) is 0.506. The molecule has 0 saturated heterocycles. The highest BCUT2D eigenvalue weighted by Gasteiger charge is 2.22. The van der Waals surface area contributed by atoms with Crippen molar-refractivity contribution in [2.45, 2.75) is 12.5 Å². The van der Waals surface area contributed by atoms with Crippen LogP contribution in [-0.2, 0) is 0 Å². The van der Waals surface area contributed by atoms with E-state index < -0.39 is 22.0 Å². The Bertz CT molecular complexity index is 569. The summed E-state index contributed by atoms with van der Waals surface area (Å²) >= 11 is 1.41. The SMILES string of the molecule is CSCC(C)(O)CNC(=O)c1cc([N+](=O)[O-])c[nH]c1=O. The number of carbonyl (C=O) groups is 1. The van der Waals surface area contributed by atoms with Crippen molar-refractivity contribution in [3.8, 4) is 0 Å². The second-order valence-corrected chi connectivity index (χ2v) is 5.34. The minimum absolute atomic E-state index is 0.0607. The van der Waals surface area contributed by atoms with Gasteiger partial charge < -0.3 is 15.4 Å². The molecule has 9 heteroatoms. The molecular weight excluding hydrogens is 286 g/mol. The third kappa shape index (κ3) is 4.35. The molecule has 110 valence electrons. The first-order valence-corrected chi connectivity index (χ1v) is 7.03. The van der Waals surface area contributed by atoms with Gasteiger partial charge in [0.15, 0.2) is 0 Å². The first-order chi connectivity index (χ1) is 9.26. The van der Waals surface area contributed by atoms with Crippen LogP contribution < -0.4 is 10.9 Å². The number of nitrogens with zero attached hydrogens (tertiary/aromatic N) is 1. The average Bonchev–Trinajstić information content (AvgIpc) is 2.36. The van der Waals surface area contributed by atoms with E-state index in [0.717, 1.165) is 12.3 Å². The first kappa shape index (κ1) is 16.2. The number of aromatic amines is 1. The van der Waals surface area contributed by atoms with Gasteiger partial charge in [-0.25, -0.2) is 0 Å². The molecule has 0 fully saturated rings. The molecule has 1 aromatic heterocycles.